The van der Waals surface area contributed by atoms with Gasteiger partial charge in [-0.05, 0) is 47.6 Å². The number of fused-ring (bicyclic) bond motifs is 1. The quantitative estimate of drug-likeness (QED) is 0.473. The first-order valence-electron chi connectivity index (χ1n) is 11.3. The molecule has 7 heteroatoms. The third kappa shape index (κ3) is 4.40. The Labute approximate surface area is 193 Å². The number of benzene rings is 2. The highest BCUT2D eigenvalue weighted by Gasteiger charge is 2.43. The van der Waals surface area contributed by atoms with Crippen LogP contribution in [0.25, 0.3) is 0 Å². The minimum absolute atomic E-state index is 0.00717. The van der Waals surface area contributed by atoms with Gasteiger partial charge in [0.15, 0.2) is 5.78 Å². The number of hydrogen-bond donors (Lipinski definition) is 1. The molecule has 0 radical (unpaired) electrons. The highest BCUT2D eigenvalue weighted by atomic mass is 16.6. The first-order chi connectivity index (χ1) is 15.6. The van der Waals surface area contributed by atoms with Crippen molar-refractivity contribution in [1.82, 2.24) is 0 Å². The molecular formula is C26H29N3O4. The maximum Gasteiger partial charge on any atom is 0.269 e. The number of nitro groups is 1. The number of non-ortho nitro benzene ring substituents is 1. The normalized spacial score (nSPS) is 19.5. The Bertz CT molecular complexity index is 1150. The maximum atomic E-state index is 13.6. The minimum Gasteiger partial charge on any atom is -0.357 e. The van der Waals surface area contributed by atoms with E-state index in [0.717, 1.165) is 11.4 Å². The van der Waals surface area contributed by atoms with Gasteiger partial charge >= 0.3 is 0 Å². The monoisotopic (exact) mass is 447 g/mol. The smallest absolute Gasteiger partial charge is 0.269 e. The molecule has 1 N–H and O–H groups in total. The number of allylic oxidation sites excluding steroid dienone is 1. The summed E-state index contributed by atoms with van der Waals surface area (Å²) in [6, 6.07) is 13.1. The summed E-state index contributed by atoms with van der Waals surface area (Å²) >= 11 is 0. The number of carbonyl (C=O) groups is 2. The largest absolute Gasteiger partial charge is 0.357 e. The van der Waals surface area contributed by atoms with Crippen molar-refractivity contribution in [2.75, 3.05) is 10.2 Å². The molecule has 0 unspecified atom stereocenters. The first-order valence-corrected chi connectivity index (χ1v) is 11.3. The summed E-state index contributed by atoms with van der Waals surface area (Å²) in [5, 5.41) is 14.7. The lowest BCUT2D eigenvalue weighted by Gasteiger charge is -2.37. The molecule has 2 aromatic carbocycles. The molecule has 4 rings (SSSR count). The Morgan fingerprint density at radius 3 is 2.45 bits per heavy atom. The van der Waals surface area contributed by atoms with Gasteiger partial charge in [-0.3, -0.25) is 24.6 Å². The summed E-state index contributed by atoms with van der Waals surface area (Å²) < 4.78 is 0. The summed E-state index contributed by atoms with van der Waals surface area (Å²) in [6.45, 7) is 8.10. The molecule has 0 saturated carbocycles. The van der Waals surface area contributed by atoms with Crippen LogP contribution in [-0.2, 0) is 9.59 Å². The Balaban J connectivity index is 1.97. The number of nitro benzene ring substituents is 1. The van der Waals surface area contributed by atoms with E-state index in [9.17, 15) is 19.7 Å². The van der Waals surface area contributed by atoms with E-state index in [1.54, 1.807) is 17.0 Å². The average molecular weight is 448 g/mol. The Morgan fingerprint density at radius 1 is 1.15 bits per heavy atom. The van der Waals surface area contributed by atoms with Crippen molar-refractivity contribution in [1.29, 1.82) is 0 Å². The van der Waals surface area contributed by atoms with E-state index < -0.39 is 11.0 Å². The van der Waals surface area contributed by atoms with Crippen LogP contribution in [0.4, 0.5) is 17.1 Å². The number of hydrogen-bond acceptors (Lipinski definition) is 5. The second-order valence-corrected chi connectivity index (χ2v) is 10.1. The molecular weight excluding hydrogens is 418 g/mol. The van der Waals surface area contributed by atoms with Crippen LogP contribution in [0, 0.1) is 21.4 Å². The molecule has 0 fully saturated rings. The lowest BCUT2D eigenvalue weighted by Crippen LogP contribution is -2.39. The average Bonchev–Trinajstić information content (AvgIpc) is 2.86. The highest BCUT2D eigenvalue weighted by molar-refractivity contribution is 6.06. The third-order valence-electron chi connectivity index (χ3n) is 6.17. The highest BCUT2D eigenvalue weighted by Crippen LogP contribution is 2.48. The molecule has 0 aromatic heterocycles. The molecule has 2 aliphatic rings. The van der Waals surface area contributed by atoms with E-state index in [0.29, 0.717) is 36.1 Å². The Kier molecular flexibility index (Phi) is 5.82. The maximum absolute atomic E-state index is 13.6. The number of nitrogens with zero attached hydrogens (tertiary/aromatic N) is 2. The molecule has 1 aliphatic carbocycles. The number of rotatable bonds is 4. The summed E-state index contributed by atoms with van der Waals surface area (Å²) in [4.78, 5) is 39.7. The van der Waals surface area contributed by atoms with Crippen LogP contribution in [0.1, 0.15) is 58.6 Å². The van der Waals surface area contributed by atoms with Gasteiger partial charge in [-0.1, -0.05) is 39.8 Å². The van der Waals surface area contributed by atoms with Crippen molar-refractivity contribution in [2.45, 2.75) is 53.0 Å². The molecule has 33 heavy (non-hydrogen) atoms. The lowest BCUT2D eigenvalue weighted by molar-refractivity contribution is -0.384. The van der Waals surface area contributed by atoms with Gasteiger partial charge in [-0.25, -0.2) is 0 Å². The first kappa shape index (κ1) is 22.7. The zero-order valence-electron chi connectivity index (χ0n) is 19.4. The van der Waals surface area contributed by atoms with Gasteiger partial charge in [0.2, 0.25) is 5.91 Å². The van der Waals surface area contributed by atoms with Gasteiger partial charge in [-0.15, -0.1) is 0 Å². The van der Waals surface area contributed by atoms with Gasteiger partial charge in [0, 0.05) is 36.2 Å². The molecule has 1 amide bonds. The molecule has 1 aliphatic heterocycles. The van der Waals surface area contributed by atoms with Crippen LogP contribution in [0.5, 0.6) is 0 Å². The zero-order chi connectivity index (χ0) is 23.9. The van der Waals surface area contributed by atoms with Gasteiger partial charge in [0.05, 0.1) is 22.3 Å². The lowest BCUT2D eigenvalue weighted by atomic mass is 9.73. The minimum atomic E-state index is -0.660. The van der Waals surface area contributed by atoms with E-state index in [1.807, 2.05) is 38.1 Å². The van der Waals surface area contributed by atoms with E-state index in [2.05, 4.69) is 19.2 Å². The summed E-state index contributed by atoms with van der Waals surface area (Å²) in [5.74, 6) is 0.0362. The van der Waals surface area contributed by atoms with Gasteiger partial charge in [-0.2, -0.15) is 0 Å². The number of para-hydroxylation sites is 2. The van der Waals surface area contributed by atoms with Crippen LogP contribution < -0.4 is 10.2 Å². The van der Waals surface area contributed by atoms with Gasteiger partial charge in [0.1, 0.15) is 0 Å². The van der Waals surface area contributed by atoms with Crippen molar-refractivity contribution >= 4 is 28.8 Å². The molecule has 1 atom stereocenters. The zero-order valence-corrected chi connectivity index (χ0v) is 19.4. The number of ketones is 1. The van der Waals surface area contributed by atoms with E-state index >= 15 is 0 Å². The van der Waals surface area contributed by atoms with Gasteiger partial charge < -0.3 is 5.32 Å². The second-order valence-electron chi connectivity index (χ2n) is 10.1. The topological polar surface area (TPSA) is 92.6 Å². The fourth-order valence-corrected chi connectivity index (χ4v) is 4.80. The Hall–Kier alpha value is -3.48. The van der Waals surface area contributed by atoms with Crippen molar-refractivity contribution in [2.24, 2.45) is 11.3 Å². The van der Waals surface area contributed by atoms with Gasteiger partial charge in [0.25, 0.3) is 5.69 Å². The molecule has 2 aromatic rings. The summed E-state index contributed by atoms with van der Waals surface area (Å²) in [5.41, 5.74) is 3.29. The van der Waals surface area contributed by atoms with E-state index in [4.69, 9.17) is 0 Å². The standard InChI is InChI=1S/C26H29N3O4/c1-16(2)13-23(31)28-21-8-6-5-7-19(21)27-20-14-26(3,4)15-22(30)24(20)25(28)17-9-11-18(12-10-17)29(32)33/h5-12,16,25,27H,13-15H2,1-4H3/t25-/m1/s1. The molecule has 0 spiro atoms. The molecule has 7 nitrogen and oxygen atoms in total. The van der Waals surface area contributed by atoms with Crippen LogP contribution >= 0.6 is 0 Å². The number of carbonyl (C=O) groups excluding carboxylic acids is 2. The second kappa shape index (κ2) is 8.46. The third-order valence-corrected chi connectivity index (χ3v) is 6.17. The SMILES string of the molecule is CC(C)CC(=O)N1c2ccccc2NC2=C(C(=O)CC(C)(C)C2)[C@H]1c1ccc([N+](=O)[O-])cc1. The molecule has 172 valence electrons. The number of amides is 1. The van der Waals surface area contributed by atoms with E-state index in [-0.39, 0.29) is 28.7 Å². The van der Waals surface area contributed by atoms with Crippen LogP contribution in [-0.4, -0.2) is 16.6 Å². The number of nitrogens with one attached hydrogen (secondary N) is 1. The number of Topliss-reactive ketones (excluding diaryl/α,β-unsaturated/α-hetero) is 1. The summed E-state index contributed by atoms with van der Waals surface area (Å²) in [6.07, 6.45) is 1.36. The molecule has 0 saturated heterocycles. The van der Waals surface area contributed by atoms with Crippen LogP contribution in [0.3, 0.4) is 0 Å². The van der Waals surface area contributed by atoms with Crippen molar-refractivity contribution in [3.63, 3.8) is 0 Å². The Morgan fingerprint density at radius 2 is 1.82 bits per heavy atom. The van der Waals surface area contributed by atoms with Crippen molar-refractivity contribution in [3.8, 4) is 0 Å². The predicted octanol–water partition coefficient (Wildman–Crippen LogP) is 5.78. The van der Waals surface area contributed by atoms with Crippen LogP contribution in [0.15, 0.2) is 59.8 Å². The fourth-order valence-electron chi connectivity index (χ4n) is 4.80. The molecule has 0 bridgehead atoms. The van der Waals surface area contributed by atoms with Crippen molar-refractivity contribution < 1.29 is 14.5 Å². The molecule has 1 heterocycles. The van der Waals surface area contributed by atoms with Crippen molar-refractivity contribution in [3.05, 3.63) is 75.5 Å². The van der Waals surface area contributed by atoms with E-state index in [1.165, 1.54) is 12.1 Å². The fraction of sp³-hybridized carbons (Fsp3) is 0.385. The number of anilines is 2. The van der Waals surface area contributed by atoms with Crippen LogP contribution in [0.2, 0.25) is 0 Å². The predicted molar refractivity (Wildman–Crippen MR) is 128 cm³/mol. The summed E-state index contributed by atoms with van der Waals surface area (Å²) in [7, 11) is 0.